The van der Waals surface area contributed by atoms with E-state index in [1.165, 1.54) is 19.3 Å². The van der Waals surface area contributed by atoms with E-state index in [2.05, 4.69) is 15.9 Å². The summed E-state index contributed by atoms with van der Waals surface area (Å²) in [7, 11) is 0. The van der Waals surface area contributed by atoms with E-state index in [0.717, 1.165) is 13.1 Å². The van der Waals surface area contributed by atoms with Crippen molar-refractivity contribution in [3.63, 3.8) is 0 Å². The van der Waals surface area contributed by atoms with Crippen LogP contribution in [0.2, 0.25) is 0 Å². The maximum atomic E-state index is 11.1. The standard InChI is InChI=1S/C8H12BrNO/c9-4-7(11)10-5-8(6-10)2-1-3-8/h1-6H2. The van der Waals surface area contributed by atoms with Crippen LogP contribution in [0.25, 0.3) is 0 Å². The van der Waals surface area contributed by atoms with Crippen LogP contribution < -0.4 is 0 Å². The Labute approximate surface area is 75.1 Å². The average molecular weight is 218 g/mol. The summed E-state index contributed by atoms with van der Waals surface area (Å²) in [4.78, 5) is 13.1. The van der Waals surface area contributed by atoms with E-state index in [4.69, 9.17) is 0 Å². The van der Waals surface area contributed by atoms with Gasteiger partial charge in [0.05, 0.1) is 5.33 Å². The lowest BCUT2D eigenvalue weighted by molar-refractivity contribution is -0.146. The predicted molar refractivity (Wildman–Crippen MR) is 46.7 cm³/mol. The summed E-state index contributed by atoms with van der Waals surface area (Å²) in [5.41, 5.74) is 0.581. The van der Waals surface area contributed by atoms with Gasteiger partial charge >= 0.3 is 0 Å². The summed E-state index contributed by atoms with van der Waals surface area (Å²) in [6.45, 7) is 2.05. The third-order valence-corrected chi connectivity index (χ3v) is 3.41. The molecule has 1 saturated heterocycles. The second-order valence-electron chi connectivity index (χ2n) is 3.74. The Bertz CT molecular complexity index is 181. The molecule has 1 saturated carbocycles. The molecule has 2 fully saturated rings. The first-order valence-electron chi connectivity index (χ1n) is 4.10. The number of amides is 1. The Morgan fingerprint density at radius 1 is 1.45 bits per heavy atom. The lowest BCUT2D eigenvalue weighted by Gasteiger charge is -2.55. The van der Waals surface area contributed by atoms with E-state index in [-0.39, 0.29) is 5.91 Å². The van der Waals surface area contributed by atoms with E-state index in [0.29, 0.717) is 10.7 Å². The number of carbonyl (C=O) groups excluding carboxylic acids is 1. The average Bonchev–Trinajstić information content (AvgIpc) is 1.81. The van der Waals surface area contributed by atoms with Crippen molar-refractivity contribution >= 4 is 21.8 Å². The van der Waals surface area contributed by atoms with Crippen molar-refractivity contribution in [1.29, 1.82) is 0 Å². The molecule has 3 heteroatoms. The third-order valence-electron chi connectivity index (χ3n) is 2.93. The highest BCUT2D eigenvalue weighted by molar-refractivity contribution is 9.09. The van der Waals surface area contributed by atoms with Crippen LogP contribution in [0.15, 0.2) is 0 Å². The first-order chi connectivity index (χ1) is 5.26. The van der Waals surface area contributed by atoms with Crippen LogP contribution in [0.3, 0.4) is 0 Å². The van der Waals surface area contributed by atoms with Gasteiger partial charge in [-0.05, 0) is 12.8 Å². The molecule has 1 spiro atoms. The molecule has 2 rings (SSSR count). The highest BCUT2D eigenvalue weighted by Gasteiger charge is 2.48. The first-order valence-corrected chi connectivity index (χ1v) is 5.22. The van der Waals surface area contributed by atoms with Crippen LogP contribution in [-0.4, -0.2) is 29.2 Å². The molecule has 0 bridgehead atoms. The van der Waals surface area contributed by atoms with Crippen molar-refractivity contribution in [2.45, 2.75) is 19.3 Å². The lowest BCUT2D eigenvalue weighted by atomic mass is 9.63. The van der Waals surface area contributed by atoms with E-state index in [1.807, 2.05) is 4.90 Å². The molecule has 62 valence electrons. The first kappa shape index (κ1) is 7.59. The molecular weight excluding hydrogens is 206 g/mol. The fourth-order valence-electron chi connectivity index (χ4n) is 2.02. The monoisotopic (exact) mass is 217 g/mol. The van der Waals surface area contributed by atoms with Crippen LogP contribution in [0, 0.1) is 5.41 Å². The van der Waals surface area contributed by atoms with Gasteiger partial charge in [-0.3, -0.25) is 4.79 Å². The maximum Gasteiger partial charge on any atom is 0.233 e. The molecule has 1 aliphatic carbocycles. The van der Waals surface area contributed by atoms with Gasteiger partial charge in [0, 0.05) is 18.5 Å². The van der Waals surface area contributed by atoms with Gasteiger partial charge in [0.25, 0.3) is 0 Å². The minimum atomic E-state index is 0.252. The van der Waals surface area contributed by atoms with E-state index < -0.39 is 0 Å². The minimum Gasteiger partial charge on any atom is -0.341 e. The Kier molecular flexibility index (Phi) is 1.71. The van der Waals surface area contributed by atoms with Gasteiger partial charge in [0.1, 0.15) is 0 Å². The summed E-state index contributed by atoms with van der Waals surface area (Å²) < 4.78 is 0. The molecule has 0 aromatic rings. The van der Waals surface area contributed by atoms with E-state index in [9.17, 15) is 4.79 Å². The quantitative estimate of drug-likeness (QED) is 0.609. The largest absolute Gasteiger partial charge is 0.341 e. The van der Waals surface area contributed by atoms with Crippen molar-refractivity contribution in [2.75, 3.05) is 18.4 Å². The Morgan fingerprint density at radius 2 is 2.09 bits per heavy atom. The summed E-state index contributed by atoms with van der Waals surface area (Å²) in [5, 5.41) is 0.489. The predicted octanol–water partition coefficient (Wildman–Crippen LogP) is 1.39. The smallest absolute Gasteiger partial charge is 0.233 e. The van der Waals surface area contributed by atoms with Gasteiger partial charge in [-0.25, -0.2) is 0 Å². The van der Waals surface area contributed by atoms with Crippen LogP contribution in [-0.2, 0) is 4.79 Å². The van der Waals surface area contributed by atoms with Crippen LogP contribution in [0.4, 0.5) is 0 Å². The molecule has 0 radical (unpaired) electrons. The lowest BCUT2D eigenvalue weighted by Crippen LogP contribution is -2.61. The zero-order chi connectivity index (χ0) is 7.90. The minimum absolute atomic E-state index is 0.252. The second kappa shape index (κ2) is 2.47. The topological polar surface area (TPSA) is 20.3 Å². The van der Waals surface area contributed by atoms with Gasteiger partial charge in [0.2, 0.25) is 5.91 Å². The van der Waals surface area contributed by atoms with Gasteiger partial charge < -0.3 is 4.90 Å². The fraction of sp³-hybridized carbons (Fsp3) is 0.875. The number of nitrogens with zero attached hydrogens (tertiary/aromatic N) is 1. The van der Waals surface area contributed by atoms with Crippen LogP contribution in [0.5, 0.6) is 0 Å². The summed E-state index contributed by atoms with van der Waals surface area (Å²) in [5.74, 6) is 0.252. The van der Waals surface area contributed by atoms with E-state index >= 15 is 0 Å². The SMILES string of the molecule is O=C(CBr)N1CC2(CCC2)C1. The van der Waals surface area contributed by atoms with Crippen LogP contribution in [0.1, 0.15) is 19.3 Å². The number of rotatable bonds is 1. The molecule has 1 aliphatic heterocycles. The summed E-state index contributed by atoms with van der Waals surface area (Å²) >= 11 is 3.18. The molecule has 0 atom stereocenters. The number of likely N-dealkylation sites (tertiary alicyclic amines) is 1. The van der Waals surface area contributed by atoms with Gasteiger partial charge in [-0.2, -0.15) is 0 Å². The number of hydrogen-bond acceptors (Lipinski definition) is 1. The molecule has 2 nitrogen and oxygen atoms in total. The molecule has 1 amide bonds. The molecule has 2 aliphatic rings. The van der Waals surface area contributed by atoms with E-state index in [1.54, 1.807) is 0 Å². The molecule has 11 heavy (non-hydrogen) atoms. The number of hydrogen-bond donors (Lipinski definition) is 0. The molecule has 1 heterocycles. The number of alkyl halides is 1. The fourth-order valence-corrected chi connectivity index (χ4v) is 2.37. The Hall–Kier alpha value is -0.0500. The third kappa shape index (κ3) is 1.10. The normalized spacial score (nSPS) is 26.1. The molecule has 0 unspecified atom stereocenters. The molecular formula is C8H12BrNO. The van der Waals surface area contributed by atoms with Crippen molar-refractivity contribution in [3.05, 3.63) is 0 Å². The Balaban J connectivity index is 1.83. The molecule has 0 aromatic heterocycles. The highest BCUT2D eigenvalue weighted by Crippen LogP contribution is 2.47. The van der Waals surface area contributed by atoms with Gasteiger partial charge in [-0.15, -0.1) is 0 Å². The zero-order valence-corrected chi connectivity index (χ0v) is 8.06. The molecule has 0 aromatic carbocycles. The maximum absolute atomic E-state index is 11.1. The Morgan fingerprint density at radius 3 is 2.45 bits per heavy atom. The van der Waals surface area contributed by atoms with Gasteiger partial charge in [-0.1, -0.05) is 22.4 Å². The molecule has 0 N–H and O–H groups in total. The van der Waals surface area contributed by atoms with Crippen molar-refractivity contribution in [3.8, 4) is 0 Å². The van der Waals surface area contributed by atoms with Crippen LogP contribution >= 0.6 is 15.9 Å². The number of halogens is 1. The highest BCUT2D eigenvalue weighted by atomic mass is 79.9. The summed E-state index contributed by atoms with van der Waals surface area (Å²) in [6.07, 6.45) is 4.06. The summed E-state index contributed by atoms with van der Waals surface area (Å²) in [6, 6.07) is 0. The zero-order valence-electron chi connectivity index (χ0n) is 6.48. The van der Waals surface area contributed by atoms with Crippen molar-refractivity contribution in [2.24, 2.45) is 5.41 Å². The number of carbonyl (C=O) groups is 1. The van der Waals surface area contributed by atoms with Crippen molar-refractivity contribution in [1.82, 2.24) is 4.90 Å². The second-order valence-corrected chi connectivity index (χ2v) is 4.30. The van der Waals surface area contributed by atoms with Gasteiger partial charge in [0.15, 0.2) is 0 Å². The van der Waals surface area contributed by atoms with Crippen molar-refractivity contribution < 1.29 is 4.79 Å².